The Morgan fingerprint density at radius 3 is 1.76 bits per heavy atom. The van der Waals surface area contributed by atoms with Gasteiger partial charge in [0.2, 0.25) is 0 Å². The number of nitrogens with zero attached hydrogens (tertiary/aromatic N) is 1. The van der Waals surface area contributed by atoms with Crippen molar-refractivity contribution in [3.05, 3.63) is 176 Å². The zero-order valence-corrected chi connectivity index (χ0v) is 25.9. The number of fused-ring (bicyclic) bond motifs is 5. The lowest BCUT2D eigenvalue weighted by Crippen LogP contribution is -2.10. The summed E-state index contributed by atoms with van der Waals surface area (Å²) in [5.74, 6) is 0. The van der Waals surface area contributed by atoms with Crippen molar-refractivity contribution in [3.63, 3.8) is 0 Å². The summed E-state index contributed by atoms with van der Waals surface area (Å²) in [5.41, 5.74) is 8.34. The highest BCUT2D eigenvalue weighted by Crippen LogP contribution is 2.45. The summed E-state index contributed by atoms with van der Waals surface area (Å²) in [6, 6.07) is 64.0. The molecule has 0 aliphatic carbocycles. The Bertz CT molecular complexity index is 2520. The van der Waals surface area contributed by atoms with Gasteiger partial charge in [-0.3, -0.25) is 0 Å². The van der Waals surface area contributed by atoms with Gasteiger partial charge in [-0.1, -0.05) is 127 Å². The third-order valence-electron chi connectivity index (χ3n) is 9.06. The topological polar surface area (TPSA) is 3.24 Å². The smallest absolute Gasteiger partial charge is 0.0554 e. The summed E-state index contributed by atoms with van der Waals surface area (Å²) >= 11 is 1.86. The molecule has 0 amide bonds. The summed E-state index contributed by atoms with van der Waals surface area (Å²) in [4.78, 5) is 2.42. The van der Waals surface area contributed by atoms with Gasteiger partial charge >= 0.3 is 0 Å². The van der Waals surface area contributed by atoms with Gasteiger partial charge in [0.25, 0.3) is 0 Å². The van der Waals surface area contributed by atoms with Gasteiger partial charge in [0.15, 0.2) is 0 Å². The molecule has 0 aliphatic heterocycles. The van der Waals surface area contributed by atoms with Crippen LogP contribution in [0, 0.1) is 0 Å². The summed E-state index contributed by atoms with van der Waals surface area (Å²) in [6.07, 6.45) is 0. The molecule has 2 heteroatoms. The molecule has 0 aliphatic rings. The molecule has 0 N–H and O–H groups in total. The van der Waals surface area contributed by atoms with Gasteiger partial charge in [0, 0.05) is 31.5 Å². The van der Waals surface area contributed by atoms with Crippen LogP contribution in [-0.4, -0.2) is 0 Å². The maximum atomic E-state index is 2.42. The minimum absolute atomic E-state index is 1.13. The second-order valence-electron chi connectivity index (χ2n) is 11.8. The fourth-order valence-corrected chi connectivity index (χ4v) is 7.94. The predicted octanol–water partition coefficient (Wildman–Crippen LogP) is 13.2. The van der Waals surface area contributed by atoms with Gasteiger partial charge in [0.1, 0.15) is 0 Å². The standard InChI is InChI=1S/C44H29NS/c1-2-11-34-29-35(20-19-30(34)9-1)31-21-25-36(26-22-31)45(41-16-8-18-43-44(41)40-14-5-6-17-42(40)46-43)37-27-23-33(24-28-37)39-15-7-12-32-10-3-4-13-38(32)39/h1-29H. The van der Waals surface area contributed by atoms with Crippen LogP contribution in [0.25, 0.3) is 64.0 Å². The third kappa shape index (κ3) is 4.54. The van der Waals surface area contributed by atoms with E-state index in [1.807, 2.05) is 11.3 Å². The number of anilines is 3. The molecule has 1 nitrogen and oxygen atoms in total. The molecule has 46 heavy (non-hydrogen) atoms. The summed E-state index contributed by atoms with van der Waals surface area (Å²) in [6.45, 7) is 0. The van der Waals surface area contributed by atoms with Crippen LogP contribution in [-0.2, 0) is 0 Å². The number of thiophene rings is 1. The Hall–Kier alpha value is -5.70. The maximum absolute atomic E-state index is 2.42. The zero-order valence-electron chi connectivity index (χ0n) is 25.1. The Morgan fingerprint density at radius 2 is 0.957 bits per heavy atom. The number of benzene rings is 8. The monoisotopic (exact) mass is 603 g/mol. The van der Waals surface area contributed by atoms with E-state index in [4.69, 9.17) is 0 Å². The van der Waals surface area contributed by atoms with Crippen molar-refractivity contribution in [1.82, 2.24) is 0 Å². The molecule has 0 atom stereocenters. The molecule has 1 heterocycles. The first kappa shape index (κ1) is 26.7. The van der Waals surface area contributed by atoms with E-state index in [-0.39, 0.29) is 0 Å². The highest BCUT2D eigenvalue weighted by molar-refractivity contribution is 7.26. The van der Waals surface area contributed by atoms with E-state index in [9.17, 15) is 0 Å². The molecule has 9 rings (SSSR count). The largest absolute Gasteiger partial charge is 0.310 e. The highest BCUT2D eigenvalue weighted by atomic mass is 32.1. The van der Waals surface area contributed by atoms with Gasteiger partial charge in [0.05, 0.1) is 5.69 Å². The normalized spacial score (nSPS) is 11.5. The van der Waals surface area contributed by atoms with E-state index in [1.54, 1.807) is 0 Å². The van der Waals surface area contributed by atoms with Gasteiger partial charge in [-0.25, -0.2) is 0 Å². The average molecular weight is 604 g/mol. The second-order valence-corrected chi connectivity index (χ2v) is 12.9. The fourth-order valence-electron chi connectivity index (χ4n) is 6.81. The van der Waals surface area contributed by atoms with Crippen LogP contribution in [0.4, 0.5) is 17.1 Å². The molecule has 8 aromatic carbocycles. The summed E-state index contributed by atoms with van der Waals surface area (Å²) in [7, 11) is 0. The fraction of sp³-hybridized carbons (Fsp3) is 0. The number of hydrogen-bond acceptors (Lipinski definition) is 2. The number of rotatable bonds is 5. The molecule has 9 aromatic rings. The lowest BCUT2D eigenvalue weighted by Gasteiger charge is -2.27. The summed E-state index contributed by atoms with van der Waals surface area (Å²) in [5, 5.41) is 7.63. The van der Waals surface area contributed by atoms with Crippen molar-refractivity contribution >= 4 is 70.1 Å². The molecular weight excluding hydrogens is 575 g/mol. The van der Waals surface area contributed by atoms with Gasteiger partial charge in [-0.15, -0.1) is 11.3 Å². The molecule has 0 saturated carbocycles. The van der Waals surface area contributed by atoms with Crippen molar-refractivity contribution in [3.8, 4) is 22.3 Å². The van der Waals surface area contributed by atoms with Gasteiger partial charge in [-0.05, 0) is 92.3 Å². The second kappa shape index (κ2) is 11.0. The van der Waals surface area contributed by atoms with Crippen LogP contribution in [0.1, 0.15) is 0 Å². The Labute approximate surface area is 272 Å². The van der Waals surface area contributed by atoms with Crippen molar-refractivity contribution in [1.29, 1.82) is 0 Å². The van der Waals surface area contributed by atoms with Crippen molar-refractivity contribution in [2.24, 2.45) is 0 Å². The lowest BCUT2D eigenvalue weighted by molar-refractivity contribution is 1.30. The van der Waals surface area contributed by atoms with Gasteiger partial charge in [-0.2, -0.15) is 0 Å². The predicted molar refractivity (Wildman–Crippen MR) is 200 cm³/mol. The molecule has 0 unspecified atom stereocenters. The van der Waals surface area contributed by atoms with Crippen molar-refractivity contribution in [2.45, 2.75) is 0 Å². The van der Waals surface area contributed by atoms with E-state index in [2.05, 4.69) is 181 Å². The van der Waals surface area contributed by atoms with Crippen LogP contribution < -0.4 is 4.90 Å². The minimum Gasteiger partial charge on any atom is -0.310 e. The van der Waals surface area contributed by atoms with E-state index in [1.165, 1.54) is 69.7 Å². The first-order chi connectivity index (χ1) is 22.8. The lowest BCUT2D eigenvalue weighted by atomic mass is 9.98. The van der Waals surface area contributed by atoms with E-state index in [0.29, 0.717) is 0 Å². The van der Waals surface area contributed by atoms with Crippen molar-refractivity contribution in [2.75, 3.05) is 4.90 Å². The minimum atomic E-state index is 1.13. The Balaban J connectivity index is 1.19. The summed E-state index contributed by atoms with van der Waals surface area (Å²) < 4.78 is 2.60. The van der Waals surface area contributed by atoms with Crippen LogP contribution in [0.5, 0.6) is 0 Å². The van der Waals surface area contributed by atoms with Crippen LogP contribution >= 0.6 is 11.3 Å². The first-order valence-electron chi connectivity index (χ1n) is 15.7. The van der Waals surface area contributed by atoms with Crippen molar-refractivity contribution < 1.29 is 0 Å². The molecule has 216 valence electrons. The number of hydrogen-bond donors (Lipinski definition) is 0. The molecule has 0 radical (unpaired) electrons. The molecule has 0 fully saturated rings. The van der Waals surface area contributed by atoms with Crippen LogP contribution in [0.3, 0.4) is 0 Å². The van der Waals surface area contributed by atoms with E-state index in [0.717, 1.165) is 11.4 Å². The molecule has 1 aromatic heterocycles. The maximum Gasteiger partial charge on any atom is 0.0554 e. The first-order valence-corrected chi connectivity index (χ1v) is 16.5. The zero-order chi connectivity index (χ0) is 30.5. The van der Waals surface area contributed by atoms with Crippen LogP contribution in [0.2, 0.25) is 0 Å². The van der Waals surface area contributed by atoms with Gasteiger partial charge < -0.3 is 4.90 Å². The highest BCUT2D eigenvalue weighted by Gasteiger charge is 2.19. The SMILES string of the molecule is c1ccc2cc(-c3ccc(N(c4ccc(-c5cccc6ccccc56)cc4)c4cccc5sc6ccccc6c45)cc3)ccc2c1. The quantitative estimate of drug-likeness (QED) is 0.189. The average Bonchev–Trinajstić information content (AvgIpc) is 3.51. The molecule has 0 spiro atoms. The molecule has 0 saturated heterocycles. The van der Waals surface area contributed by atoms with E-state index < -0.39 is 0 Å². The molecule has 0 bridgehead atoms. The Morgan fingerprint density at radius 1 is 0.370 bits per heavy atom. The molecular formula is C44H29NS. The Kier molecular flexibility index (Phi) is 6.40. The third-order valence-corrected chi connectivity index (χ3v) is 10.2. The van der Waals surface area contributed by atoms with E-state index >= 15 is 0 Å². The van der Waals surface area contributed by atoms with Crippen LogP contribution in [0.15, 0.2) is 176 Å².